The van der Waals surface area contributed by atoms with Gasteiger partial charge in [-0.15, -0.1) is 0 Å². The summed E-state index contributed by atoms with van der Waals surface area (Å²) in [6, 6.07) is 4.73. The molecule has 18 heavy (non-hydrogen) atoms. The third-order valence-electron chi connectivity index (χ3n) is 2.44. The number of benzene rings is 1. The fraction of sp³-hybridized carbons (Fsp3) is 0.364. The highest BCUT2D eigenvalue weighted by molar-refractivity contribution is 7.89. The molecular formula is C11H16N2O4S. The van der Waals surface area contributed by atoms with E-state index in [-0.39, 0.29) is 11.5 Å². The number of sulfonamides is 1. The molecule has 0 saturated heterocycles. The van der Waals surface area contributed by atoms with Crippen molar-refractivity contribution < 1.29 is 18.0 Å². The topological polar surface area (TPSA) is 84.5 Å². The Kier molecular flexibility index (Phi) is 4.83. The Bertz CT molecular complexity index is 540. The van der Waals surface area contributed by atoms with Gasteiger partial charge in [0, 0.05) is 7.05 Å². The van der Waals surface area contributed by atoms with Gasteiger partial charge in [0.25, 0.3) is 10.0 Å². The predicted molar refractivity (Wildman–Crippen MR) is 66.3 cm³/mol. The molecule has 0 heterocycles. The second kappa shape index (κ2) is 5.94. The molecule has 0 spiro atoms. The molecule has 100 valence electrons. The van der Waals surface area contributed by atoms with E-state index in [1.165, 1.54) is 13.1 Å². The highest BCUT2D eigenvalue weighted by Gasteiger charge is 2.15. The van der Waals surface area contributed by atoms with Gasteiger partial charge in [-0.2, -0.15) is 0 Å². The van der Waals surface area contributed by atoms with E-state index in [0.717, 1.165) is 11.1 Å². The third kappa shape index (κ3) is 3.80. The van der Waals surface area contributed by atoms with E-state index in [4.69, 9.17) is 0 Å². The lowest BCUT2D eigenvalue weighted by atomic mass is 10.1. The van der Waals surface area contributed by atoms with Crippen LogP contribution in [-0.2, 0) is 19.7 Å². The van der Waals surface area contributed by atoms with Crippen LogP contribution in [0.3, 0.4) is 0 Å². The van der Waals surface area contributed by atoms with Crippen LogP contribution in [0.4, 0.5) is 0 Å². The van der Waals surface area contributed by atoms with Crippen LogP contribution in [0.15, 0.2) is 23.1 Å². The Labute approximate surface area is 106 Å². The van der Waals surface area contributed by atoms with Crippen molar-refractivity contribution in [3.05, 3.63) is 29.3 Å². The molecule has 1 rings (SSSR count). The van der Waals surface area contributed by atoms with Crippen molar-refractivity contribution in [2.75, 3.05) is 13.7 Å². The van der Waals surface area contributed by atoms with Crippen LogP contribution in [0.5, 0.6) is 0 Å². The van der Waals surface area contributed by atoms with Gasteiger partial charge in [-0.05, 0) is 37.1 Å². The summed E-state index contributed by atoms with van der Waals surface area (Å²) < 4.78 is 23.6. The number of rotatable bonds is 5. The first-order valence-corrected chi connectivity index (χ1v) is 6.76. The number of carbonyl (C=O) groups excluding carboxylic acids is 1. The summed E-state index contributed by atoms with van der Waals surface area (Å²) in [5.41, 5.74) is 1.87. The van der Waals surface area contributed by atoms with Crippen LogP contribution in [0.1, 0.15) is 11.1 Å². The van der Waals surface area contributed by atoms with Crippen molar-refractivity contribution in [1.29, 1.82) is 0 Å². The predicted octanol–water partition coefficient (Wildman–Crippen LogP) is 0.259. The normalized spacial score (nSPS) is 11.3. The summed E-state index contributed by atoms with van der Waals surface area (Å²) in [5.74, 6) is -0.419. The van der Waals surface area contributed by atoms with Crippen molar-refractivity contribution in [2.45, 2.75) is 18.7 Å². The molecule has 0 aliphatic carbocycles. The zero-order valence-electron chi connectivity index (χ0n) is 10.5. The molecular weight excluding hydrogens is 256 g/mol. The molecule has 0 saturated carbocycles. The van der Waals surface area contributed by atoms with Crippen molar-refractivity contribution in [3.8, 4) is 0 Å². The number of hydrogen-bond donors (Lipinski definition) is 2. The Morgan fingerprint density at radius 3 is 2.50 bits per heavy atom. The molecule has 1 aromatic carbocycles. The van der Waals surface area contributed by atoms with Gasteiger partial charge < -0.3 is 5.32 Å². The minimum atomic E-state index is -3.76. The van der Waals surface area contributed by atoms with Crippen molar-refractivity contribution in [1.82, 2.24) is 10.2 Å². The molecule has 0 unspecified atom stereocenters. The van der Waals surface area contributed by atoms with E-state index in [0.29, 0.717) is 0 Å². The van der Waals surface area contributed by atoms with Crippen molar-refractivity contribution in [2.24, 2.45) is 0 Å². The van der Waals surface area contributed by atoms with E-state index < -0.39 is 15.9 Å². The zero-order chi connectivity index (χ0) is 13.8. The maximum Gasteiger partial charge on any atom is 0.262 e. The molecule has 0 aromatic heterocycles. The van der Waals surface area contributed by atoms with Gasteiger partial charge in [0.1, 0.15) is 6.61 Å². The number of nitrogens with one attached hydrogen (secondary N) is 2. The lowest BCUT2D eigenvalue weighted by Gasteiger charge is -2.08. The number of likely N-dealkylation sites (N-methyl/N-ethyl adjacent to an activating group) is 1. The van der Waals surface area contributed by atoms with Gasteiger partial charge in [-0.1, -0.05) is 11.0 Å². The van der Waals surface area contributed by atoms with E-state index in [9.17, 15) is 13.2 Å². The van der Waals surface area contributed by atoms with Crippen molar-refractivity contribution >= 4 is 15.9 Å². The molecule has 0 aliphatic rings. The standard InChI is InChI=1S/C11H16N2O4S/c1-8-4-5-10(6-9(8)2)18(15,16)13-17-7-11(14)12-3/h4-6,13H,7H2,1-3H3,(H,12,14). The fourth-order valence-electron chi connectivity index (χ4n) is 1.17. The van der Waals surface area contributed by atoms with E-state index >= 15 is 0 Å². The highest BCUT2D eigenvalue weighted by Crippen LogP contribution is 2.14. The smallest absolute Gasteiger partial charge is 0.262 e. The molecule has 0 bridgehead atoms. The minimum Gasteiger partial charge on any atom is -0.357 e. The second-order valence-electron chi connectivity index (χ2n) is 3.79. The van der Waals surface area contributed by atoms with Crippen LogP contribution < -0.4 is 10.2 Å². The Balaban J connectivity index is 2.74. The van der Waals surface area contributed by atoms with Gasteiger partial charge in [-0.3, -0.25) is 9.63 Å². The molecule has 1 amide bonds. The number of carbonyl (C=O) groups is 1. The number of amides is 1. The van der Waals surface area contributed by atoms with Gasteiger partial charge in [-0.25, -0.2) is 8.42 Å². The van der Waals surface area contributed by atoms with Crippen LogP contribution in [0.25, 0.3) is 0 Å². The van der Waals surface area contributed by atoms with Gasteiger partial charge in [0.05, 0.1) is 4.90 Å². The van der Waals surface area contributed by atoms with Crippen LogP contribution in [0.2, 0.25) is 0 Å². The average molecular weight is 272 g/mol. The summed E-state index contributed by atoms with van der Waals surface area (Å²) in [5, 5.41) is 2.31. The Morgan fingerprint density at radius 1 is 1.28 bits per heavy atom. The summed E-state index contributed by atoms with van der Waals surface area (Å²) in [6.07, 6.45) is 0. The molecule has 0 aliphatic heterocycles. The maximum absolute atomic E-state index is 11.8. The first-order valence-electron chi connectivity index (χ1n) is 5.28. The molecule has 7 heteroatoms. The maximum atomic E-state index is 11.8. The van der Waals surface area contributed by atoms with E-state index in [1.54, 1.807) is 12.1 Å². The summed E-state index contributed by atoms with van der Waals surface area (Å²) in [4.78, 5) is 17.5. The largest absolute Gasteiger partial charge is 0.357 e. The van der Waals surface area contributed by atoms with Gasteiger partial charge in [0.15, 0.2) is 0 Å². The fourth-order valence-corrected chi connectivity index (χ4v) is 2.06. The van der Waals surface area contributed by atoms with Crippen LogP contribution in [0, 0.1) is 13.8 Å². The Hall–Kier alpha value is -1.44. The van der Waals surface area contributed by atoms with E-state index in [2.05, 4.69) is 10.2 Å². The average Bonchev–Trinajstić information content (AvgIpc) is 2.32. The van der Waals surface area contributed by atoms with E-state index in [1.807, 2.05) is 18.7 Å². The van der Waals surface area contributed by atoms with Gasteiger partial charge >= 0.3 is 0 Å². The number of hydrogen-bond acceptors (Lipinski definition) is 4. The first kappa shape index (κ1) is 14.6. The highest BCUT2D eigenvalue weighted by atomic mass is 32.2. The lowest BCUT2D eigenvalue weighted by Crippen LogP contribution is -2.31. The molecule has 2 N–H and O–H groups in total. The lowest BCUT2D eigenvalue weighted by molar-refractivity contribution is -0.126. The Morgan fingerprint density at radius 2 is 1.94 bits per heavy atom. The van der Waals surface area contributed by atoms with Crippen LogP contribution in [-0.4, -0.2) is 28.0 Å². The molecule has 0 fully saturated rings. The molecule has 0 radical (unpaired) electrons. The van der Waals surface area contributed by atoms with Crippen molar-refractivity contribution in [3.63, 3.8) is 0 Å². The van der Waals surface area contributed by atoms with Gasteiger partial charge in [0.2, 0.25) is 5.91 Å². The summed E-state index contributed by atoms with van der Waals surface area (Å²) in [6.45, 7) is 3.33. The van der Waals surface area contributed by atoms with Crippen LogP contribution >= 0.6 is 0 Å². The number of aryl methyl sites for hydroxylation is 2. The zero-order valence-corrected chi connectivity index (χ0v) is 11.3. The summed E-state index contributed by atoms with van der Waals surface area (Å²) in [7, 11) is -2.32. The second-order valence-corrected chi connectivity index (χ2v) is 5.44. The SMILES string of the molecule is CNC(=O)CONS(=O)(=O)c1ccc(C)c(C)c1. The minimum absolute atomic E-state index is 0.0995. The first-order chi connectivity index (χ1) is 8.36. The molecule has 1 aromatic rings. The molecule has 6 nitrogen and oxygen atoms in total. The molecule has 0 atom stereocenters. The monoisotopic (exact) mass is 272 g/mol. The summed E-state index contributed by atoms with van der Waals surface area (Å²) >= 11 is 0. The third-order valence-corrected chi connectivity index (χ3v) is 3.65. The quantitative estimate of drug-likeness (QED) is 0.753.